The van der Waals surface area contributed by atoms with Crippen LogP contribution >= 0.6 is 11.6 Å². The van der Waals surface area contributed by atoms with Gasteiger partial charge in [-0.3, -0.25) is 4.98 Å². The first-order chi connectivity index (χ1) is 8.66. The van der Waals surface area contributed by atoms with Crippen LogP contribution in [0.2, 0.25) is 5.02 Å². The number of aromatic nitrogens is 1. The molecule has 0 saturated carbocycles. The molecule has 0 amide bonds. The normalized spacial score (nSPS) is 15.5. The van der Waals surface area contributed by atoms with Crippen molar-refractivity contribution in [2.45, 2.75) is 32.1 Å². The Balaban J connectivity index is 2.31. The molecule has 0 radical (unpaired) electrons. The highest BCUT2D eigenvalue weighted by molar-refractivity contribution is 6.36. The molecule has 1 heterocycles. The third-order valence-electron chi connectivity index (χ3n) is 3.48. The van der Waals surface area contributed by atoms with E-state index in [4.69, 9.17) is 11.6 Å². The molecule has 4 heteroatoms. The van der Waals surface area contributed by atoms with E-state index in [1.807, 2.05) is 0 Å². The molecule has 0 aliphatic heterocycles. The van der Waals surface area contributed by atoms with Crippen molar-refractivity contribution in [2.24, 2.45) is 0 Å². The minimum Gasteiger partial charge on any atom is -0.252 e. The van der Waals surface area contributed by atoms with Crippen LogP contribution in [0, 0.1) is 11.6 Å². The summed E-state index contributed by atoms with van der Waals surface area (Å²) in [7, 11) is 0. The quantitative estimate of drug-likeness (QED) is 0.643. The molecule has 3 rings (SSSR count). The van der Waals surface area contributed by atoms with Gasteiger partial charge in [-0.1, -0.05) is 18.0 Å². The molecule has 18 heavy (non-hydrogen) atoms. The van der Waals surface area contributed by atoms with E-state index in [2.05, 4.69) is 4.98 Å². The molecule has 1 aromatic heterocycles. The lowest BCUT2D eigenvalue weighted by Crippen LogP contribution is -1.99. The van der Waals surface area contributed by atoms with Crippen molar-refractivity contribution in [3.8, 4) is 0 Å². The Bertz CT molecular complexity index is 625. The fourth-order valence-electron chi connectivity index (χ4n) is 2.54. The molecule has 0 spiro atoms. The van der Waals surface area contributed by atoms with Crippen molar-refractivity contribution in [2.75, 3.05) is 0 Å². The lowest BCUT2D eigenvalue weighted by Gasteiger charge is -2.11. The van der Waals surface area contributed by atoms with Gasteiger partial charge in [0.1, 0.15) is 0 Å². The Kier molecular flexibility index (Phi) is 2.94. The van der Waals surface area contributed by atoms with Gasteiger partial charge in [0.25, 0.3) is 0 Å². The zero-order chi connectivity index (χ0) is 12.7. The van der Waals surface area contributed by atoms with E-state index in [1.165, 1.54) is 0 Å². The predicted molar refractivity (Wildman–Crippen MR) is 67.9 cm³/mol. The molecule has 1 nitrogen and oxygen atoms in total. The van der Waals surface area contributed by atoms with Gasteiger partial charge in [-0.05, 0) is 37.3 Å². The standard InChI is InChI=1S/C14H12ClF2N/c15-14-8-4-2-1-3-5-12(8)18-13-7-11(17)10(16)6-9(13)14/h6-7H,1-5H2. The number of benzene rings is 1. The summed E-state index contributed by atoms with van der Waals surface area (Å²) in [5.41, 5.74) is 2.39. The Morgan fingerprint density at radius 1 is 1.00 bits per heavy atom. The van der Waals surface area contributed by atoms with E-state index >= 15 is 0 Å². The molecule has 0 fully saturated rings. The van der Waals surface area contributed by atoms with Gasteiger partial charge in [0.2, 0.25) is 0 Å². The largest absolute Gasteiger partial charge is 0.252 e. The zero-order valence-corrected chi connectivity index (χ0v) is 10.5. The first kappa shape index (κ1) is 11.8. The fraction of sp³-hybridized carbons (Fsp3) is 0.357. The SMILES string of the molecule is Fc1cc2nc3c(c(Cl)c2cc1F)CCCCC3. The number of hydrogen-bond acceptors (Lipinski definition) is 1. The molecule has 0 atom stereocenters. The highest BCUT2D eigenvalue weighted by Crippen LogP contribution is 2.33. The second kappa shape index (κ2) is 4.47. The number of halogens is 3. The molecule has 0 bridgehead atoms. The number of hydrogen-bond donors (Lipinski definition) is 0. The van der Waals surface area contributed by atoms with Crippen molar-refractivity contribution in [1.29, 1.82) is 0 Å². The topological polar surface area (TPSA) is 12.9 Å². The summed E-state index contributed by atoms with van der Waals surface area (Å²) in [5, 5.41) is 1.05. The molecule has 94 valence electrons. The number of nitrogens with zero attached hydrogens (tertiary/aromatic N) is 1. The van der Waals surface area contributed by atoms with Crippen LogP contribution < -0.4 is 0 Å². The van der Waals surface area contributed by atoms with Crippen LogP contribution in [-0.2, 0) is 12.8 Å². The summed E-state index contributed by atoms with van der Waals surface area (Å²) < 4.78 is 26.5. The Morgan fingerprint density at radius 3 is 2.56 bits per heavy atom. The van der Waals surface area contributed by atoms with Crippen molar-refractivity contribution in [1.82, 2.24) is 4.98 Å². The Hall–Kier alpha value is -1.22. The fourth-order valence-corrected chi connectivity index (χ4v) is 2.89. The number of rotatable bonds is 0. The second-order valence-electron chi connectivity index (χ2n) is 4.70. The number of pyridine rings is 1. The summed E-state index contributed by atoms with van der Waals surface area (Å²) in [5.74, 6) is -1.75. The van der Waals surface area contributed by atoms with Gasteiger partial charge >= 0.3 is 0 Å². The molecular weight excluding hydrogens is 256 g/mol. The summed E-state index contributed by atoms with van der Waals surface area (Å²) in [6.07, 6.45) is 5.03. The monoisotopic (exact) mass is 267 g/mol. The first-order valence-corrected chi connectivity index (χ1v) is 6.50. The van der Waals surface area contributed by atoms with Gasteiger partial charge < -0.3 is 0 Å². The average Bonchev–Trinajstić information content (AvgIpc) is 2.58. The van der Waals surface area contributed by atoms with Gasteiger partial charge in [0.05, 0.1) is 10.5 Å². The molecule has 0 N–H and O–H groups in total. The van der Waals surface area contributed by atoms with E-state index in [0.717, 1.165) is 55.5 Å². The highest BCUT2D eigenvalue weighted by atomic mass is 35.5. The molecule has 2 aromatic rings. The van der Waals surface area contributed by atoms with Crippen molar-refractivity contribution >= 4 is 22.5 Å². The molecule has 0 saturated heterocycles. The van der Waals surface area contributed by atoms with Crippen LogP contribution in [0.1, 0.15) is 30.5 Å². The molecule has 0 unspecified atom stereocenters. The third-order valence-corrected chi connectivity index (χ3v) is 3.92. The molecular formula is C14H12ClF2N. The summed E-state index contributed by atoms with van der Waals surface area (Å²) in [4.78, 5) is 4.45. The van der Waals surface area contributed by atoms with Crippen molar-refractivity contribution in [3.63, 3.8) is 0 Å². The van der Waals surface area contributed by atoms with Crippen LogP contribution in [0.25, 0.3) is 10.9 Å². The highest BCUT2D eigenvalue weighted by Gasteiger charge is 2.17. The van der Waals surface area contributed by atoms with E-state index in [9.17, 15) is 8.78 Å². The minimum atomic E-state index is -0.875. The smallest absolute Gasteiger partial charge is 0.161 e. The Morgan fingerprint density at radius 2 is 1.72 bits per heavy atom. The number of aryl methyl sites for hydroxylation is 1. The molecule has 1 aliphatic carbocycles. The van der Waals surface area contributed by atoms with Gasteiger partial charge in [0.15, 0.2) is 11.6 Å². The van der Waals surface area contributed by atoms with E-state index < -0.39 is 11.6 Å². The summed E-state index contributed by atoms with van der Waals surface area (Å²) >= 11 is 6.33. The van der Waals surface area contributed by atoms with Crippen LogP contribution in [0.5, 0.6) is 0 Å². The third kappa shape index (κ3) is 1.87. The van der Waals surface area contributed by atoms with E-state index in [1.54, 1.807) is 0 Å². The average molecular weight is 268 g/mol. The summed E-state index contributed by atoms with van der Waals surface area (Å²) in [6.45, 7) is 0. The van der Waals surface area contributed by atoms with Gasteiger partial charge in [-0.15, -0.1) is 0 Å². The maximum Gasteiger partial charge on any atom is 0.161 e. The Labute approximate surface area is 109 Å². The van der Waals surface area contributed by atoms with Crippen LogP contribution in [0.4, 0.5) is 8.78 Å². The second-order valence-corrected chi connectivity index (χ2v) is 5.07. The maximum absolute atomic E-state index is 13.3. The number of fused-ring (bicyclic) bond motifs is 2. The van der Waals surface area contributed by atoms with Gasteiger partial charge in [0, 0.05) is 17.1 Å². The van der Waals surface area contributed by atoms with Gasteiger partial charge in [-0.2, -0.15) is 0 Å². The van der Waals surface area contributed by atoms with Crippen molar-refractivity contribution in [3.05, 3.63) is 40.0 Å². The van der Waals surface area contributed by atoms with Crippen LogP contribution in [0.3, 0.4) is 0 Å². The molecule has 1 aromatic carbocycles. The lowest BCUT2D eigenvalue weighted by atomic mass is 10.0. The van der Waals surface area contributed by atoms with E-state index in [0.29, 0.717) is 15.9 Å². The maximum atomic E-state index is 13.3. The van der Waals surface area contributed by atoms with E-state index in [-0.39, 0.29) is 0 Å². The zero-order valence-electron chi connectivity index (χ0n) is 9.77. The minimum absolute atomic E-state index is 0.444. The van der Waals surface area contributed by atoms with Gasteiger partial charge in [-0.25, -0.2) is 8.78 Å². The molecule has 1 aliphatic rings. The summed E-state index contributed by atoms with van der Waals surface area (Å²) in [6, 6.07) is 2.27. The lowest BCUT2D eigenvalue weighted by molar-refractivity contribution is 0.510. The van der Waals surface area contributed by atoms with Crippen molar-refractivity contribution < 1.29 is 8.78 Å². The first-order valence-electron chi connectivity index (χ1n) is 6.13. The van der Waals surface area contributed by atoms with Crippen LogP contribution in [0.15, 0.2) is 12.1 Å². The predicted octanol–water partition coefficient (Wildman–Crippen LogP) is 4.44. The van der Waals surface area contributed by atoms with Crippen LogP contribution in [-0.4, -0.2) is 4.98 Å².